The van der Waals surface area contributed by atoms with Crippen molar-refractivity contribution < 1.29 is 14.3 Å². The van der Waals surface area contributed by atoms with Crippen LogP contribution in [-0.4, -0.2) is 27.9 Å². The van der Waals surface area contributed by atoms with Gasteiger partial charge in [0.25, 0.3) is 0 Å². The molecule has 1 aromatic heterocycles. The van der Waals surface area contributed by atoms with Gasteiger partial charge in [0.15, 0.2) is 0 Å². The summed E-state index contributed by atoms with van der Waals surface area (Å²) in [5, 5.41) is 3.91. The highest BCUT2D eigenvalue weighted by molar-refractivity contribution is 6.31. The Morgan fingerprint density at radius 2 is 1.76 bits per heavy atom. The Labute approximate surface area is 206 Å². The number of benzene rings is 3. The second-order valence-corrected chi connectivity index (χ2v) is 8.64. The molecule has 4 rings (SSSR count). The van der Waals surface area contributed by atoms with Crippen molar-refractivity contribution in [3.63, 3.8) is 0 Å². The van der Waals surface area contributed by atoms with Gasteiger partial charge in [-0.3, -0.25) is 9.59 Å². The van der Waals surface area contributed by atoms with Crippen molar-refractivity contribution in [2.75, 3.05) is 5.32 Å². The molecule has 0 aliphatic carbocycles. The number of anilines is 1. The molecule has 0 spiro atoms. The number of aromatic amines is 1. The third-order valence-electron chi connectivity index (χ3n) is 5.14. The highest BCUT2D eigenvalue weighted by Crippen LogP contribution is 2.25. The Balaban J connectivity index is 1.40. The molecule has 174 valence electrons. The van der Waals surface area contributed by atoms with Gasteiger partial charge < -0.3 is 20.8 Å². The first-order valence-corrected chi connectivity index (χ1v) is 11.3. The van der Waals surface area contributed by atoms with Gasteiger partial charge in [0.2, 0.25) is 5.91 Å². The molecular weight excluding hydrogens is 475 g/mol. The van der Waals surface area contributed by atoms with E-state index in [1.807, 2.05) is 36.4 Å². The normalized spacial score (nSPS) is 11.9. The number of nitrogens with two attached hydrogens (primary N) is 1. The van der Waals surface area contributed by atoms with Gasteiger partial charge in [0, 0.05) is 22.2 Å². The highest BCUT2D eigenvalue weighted by atomic mass is 35.5. The fourth-order valence-corrected chi connectivity index (χ4v) is 3.79. The summed E-state index contributed by atoms with van der Waals surface area (Å²) in [7, 11) is 0. The van der Waals surface area contributed by atoms with Gasteiger partial charge in [-0.2, -0.15) is 0 Å². The van der Waals surface area contributed by atoms with Crippen LogP contribution >= 0.6 is 23.2 Å². The van der Waals surface area contributed by atoms with E-state index in [0.717, 1.165) is 22.2 Å². The second kappa shape index (κ2) is 10.7. The highest BCUT2D eigenvalue weighted by Gasteiger charge is 2.20. The molecule has 1 amide bonds. The van der Waals surface area contributed by atoms with Crippen molar-refractivity contribution in [2.24, 2.45) is 5.73 Å². The lowest BCUT2D eigenvalue weighted by molar-refractivity contribution is -0.146. The number of rotatable bonds is 8. The maximum Gasteiger partial charge on any atom is 0.308 e. The standard InChI is InChI=1S/C25H22Cl2N4O3/c26-17-6-8-20(16(10-17)11-23-29-21-9-7-18(27)12-22(21)30-23)31-25(33)19(28)13-24(32)34-14-15-4-2-1-3-5-15/h1-10,12,19H,11,13-14,28H2,(H,29,30)(H,31,33)/t19-/m0/s1. The number of ether oxygens (including phenoxy) is 1. The lowest BCUT2D eigenvalue weighted by Gasteiger charge is -2.15. The van der Waals surface area contributed by atoms with Crippen LogP contribution in [0.2, 0.25) is 10.0 Å². The van der Waals surface area contributed by atoms with E-state index in [2.05, 4.69) is 15.3 Å². The maximum atomic E-state index is 12.7. The molecule has 4 N–H and O–H groups in total. The van der Waals surface area contributed by atoms with Crippen LogP contribution in [-0.2, 0) is 27.4 Å². The molecule has 0 saturated heterocycles. The largest absolute Gasteiger partial charge is 0.461 e. The van der Waals surface area contributed by atoms with Crippen molar-refractivity contribution in [1.29, 1.82) is 0 Å². The summed E-state index contributed by atoms with van der Waals surface area (Å²) < 4.78 is 5.22. The van der Waals surface area contributed by atoms with Crippen molar-refractivity contribution in [1.82, 2.24) is 9.97 Å². The number of hydrogen-bond acceptors (Lipinski definition) is 5. The Hall–Kier alpha value is -3.39. The fourth-order valence-electron chi connectivity index (χ4n) is 3.42. The number of nitrogens with one attached hydrogen (secondary N) is 2. The van der Waals surface area contributed by atoms with Crippen molar-refractivity contribution >= 4 is 51.8 Å². The van der Waals surface area contributed by atoms with Gasteiger partial charge in [0.1, 0.15) is 12.4 Å². The Kier molecular flexibility index (Phi) is 7.47. The first-order chi connectivity index (χ1) is 16.4. The smallest absolute Gasteiger partial charge is 0.308 e. The van der Waals surface area contributed by atoms with Crippen LogP contribution in [0.15, 0.2) is 66.7 Å². The molecule has 0 radical (unpaired) electrons. The topological polar surface area (TPSA) is 110 Å². The minimum absolute atomic E-state index is 0.123. The summed E-state index contributed by atoms with van der Waals surface area (Å²) >= 11 is 12.2. The summed E-state index contributed by atoms with van der Waals surface area (Å²) in [4.78, 5) is 32.6. The van der Waals surface area contributed by atoms with E-state index in [-0.39, 0.29) is 13.0 Å². The number of H-pyrrole nitrogens is 1. The molecule has 0 fully saturated rings. The molecule has 9 heteroatoms. The minimum atomic E-state index is -1.07. The molecule has 0 bridgehead atoms. The number of amides is 1. The first-order valence-electron chi connectivity index (χ1n) is 10.6. The predicted octanol–water partition coefficient (Wildman–Crippen LogP) is 4.86. The van der Waals surface area contributed by atoms with Crippen LogP contribution in [0.25, 0.3) is 11.0 Å². The summed E-state index contributed by atoms with van der Waals surface area (Å²) in [6.45, 7) is 0.123. The average molecular weight is 497 g/mol. The van der Waals surface area contributed by atoms with E-state index < -0.39 is 17.9 Å². The summed E-state index contributed by atoms with van der Waals surface area (Å²) in [5.74, 6) is -0.371. The molecule has 0 aliphatic heterocycles. The summed E-state index contributed by atoms with van der Waals surface area (Å²) in [6.07, 6.45) is 0.142. The molecule has 1 atom stereocenters. The SMILES string of the molecule is N[C@@H](CC(=O)OCc1ccccc1)C(=O)Nc1ccc(Cl)cc1Cc1nc2ccc(Cl)cc2[nH]1. The van der Waals surface area contributed by atoms with Gasteiger partial charge in [-0.1, -0.05) is 53.5 Å². The van der Waals surface area contributed by atoms with Gasteiger partial charge in [0.05, 0.1) is 23.5 Å². The maximum absolute atomic E-state index is 12.7. The van der Waals surface area contributed by atoms with E-state index in [1.165, 1.54) is 0 Å². The van der Waals surface area contributed by atoms with E-state index in [4.69, 9.17) is 33.7 Å². The monoisotopic (exact) mass is 496 g/mol. The lowest BCUT2D eigenvalue weighted by Crippen LogP contribution is -2.38. The number of halogens is 2. The molecular formula is C25H22Cl2N4O3. The third kappa shape index (κ3) is 6.14. The average Bonchev–Trinajstić information content (AvgIpc) is 3.21. The van der Waals surface area contributed by atoms with Crippen molar-refractivity contribution in [3.05, 3.63) is 93.7 Å². The van der Waals surface area contributed by atoms with Crippen LogP contribution in [0.1, 0.15) is 23.4 Å². The lowest BCUT2D eigenvalue weighted by atomic mass is 10.1. The first kappa shape index (κ1) is 23.8. The molecule has 0 unspecified atom stereocenters. The number of esters is 1. The Bertz CT molecular complexity index is 1320. The minimum Gasteiger partial charge on any atom is -0.461 e. The number of fused-ring (bicyclic) bond motifs is 1. The predicted molar refractivity (Wildman–Crippen MR) is 133 cm³/mol. The number of carbonyl (C=O) groups excluding carboxylic acids is 2. The summed E-state index contributed by atoms with van der Waals surface area (Å²) in [5.41, 5.74) is 9.68. The van der Waals surface area contributed by atoms with E-state index in [0.29, 0.717) is 28.0 Å². The zero-order valence-electron chi connectivity index (χ0n) is 18.1. The molecule has 0 aliphatic rings. The third-order valence-corrected chi connectivity index (χ3v) is 5.61. The van der Waals surface area contributed by atoms with Gasteiger partial charge >= 0.3 is 5.97 Å². The molecule has 7 nitrogen and oxygen atoms in total. The van der Waals surface area contributed by atoms with Crippen LogP contribution in [0, 0.1) is 0 Å². The fraction of sp³-hybridized carbons (Fsp3) is 0.160. The number of imidazole rings is 1. The number of nitrogens with zero attached hydrogens (tertiary/aromatic N) is 1. The molecule has 0 saturated carbocycles. The Morgan fingerprint density at radius 1 is 1.03 bits per heavy atom. The van der Waals surface area contributed by atoms with E-state index in [1.54, 1.807) is 30.3 Å². The number of carbonyl (C=O) groups is 2. The van der Waals surface area contributed by atoms with Crippen molar-refractivity contribution in [2.45, 2.75) is 25.5 Å². The van der Waals surface area contributed by atoms with Crippen LogP contribution in [0.4, 0.5) is 5.69 Å². The van der Waals surface area contributed by atoms with Crippen LogP contribution in [0.3, 0.4) is 0 Å². The van der Waals surface area contributed by atoms with Gasteiger partial charge in [-0.05, 0) is 47.5 Å². The van der Waals surface area contributed by atoms with Crippen LogP contribution < -0.4 is 11.1 Å². The second-order valence-electron chi connectivity index (χ2n) is 7.77. The number of aromatic nitrogens is 2. The summed E-state index contributed by atoms with van der Waals surface area (Å²) in [6, 6.07) is 18.7. The molecule has 34 heavy (non-hydrogen) atoms. The zero-order chi connectivity index (χ0) is 24.1. The molecule has 4 aromatic rings. The Morgan fingerprint density at radius 3 is 2.56 bits per heavy atom. The van der Waals surface area contributed by atoms with Gasteiger partial charge in [-0.15, -0.1) is 0 Å². The molecule has 3 aromatic carbocycles. The number of hydrogen-bond donors (Lipinski definition) is 3. The zero-order valence-corrected chi connectivity index (χ0v) is 19.6. The van der Waals surface area contributed by atoms with Crippen molar-refractivity contribution in [3.8, 4) is 0 Å². The van der Waals surface area contributed by atoms with Crippen LogP contribution in [0.5, 0.6) is 0 Å². The van der Waals surface area contributed by atoms with E-state index >= 15 is 0 Å². The van der Waals surface area contributed by atoms with E-state index in [9.17, 15) is 9.59 Å². The molecule has 1 heterocycles. The van der Waals surface area contributed by atoms with Gasteiger partial charge in [-0.25, -0.2) is 4.98 Å². The quantitative estimate of drug-likeness (QED) is 0.301.